The molecule has 13 heteroatoms. The van der Waals surface area contributed by atoms with Crippen molar-refractivity contribution < 1.29 is 26.3 Å². The van der Waals surface area contributed by atoms with E-state index in [4.69, 9.17) is 29.9 Å². The van der Waals surface area contributed by atoms with Crippen molar-refractivity contribution in [1.82, 2.24) is 34.5 Å². The molecule has 11 rings (SSSR count). The summed E-state index contributed by atoms with van der Waals surface area (Å²) < 4.78 is 89.8. The Balaban J connectivity index is 1.14. The summed E-state index contributed by atoms with van der Waals surface area (Å²) in [6.07, 6.45) is -10.2. The van der Waals surface area contributed by atoms with Gasteiger partial charge in [-0.3, -0.25) is 0 Å². The zero-order chi connectivity index (χ0) is 47.3. The summed E-state index contributed by atoms with van der Waals surface area (Å²) in [5, 5.41) is 1.61. The van der Waals surface area contributed by atoms with Gasteiger partial charge in [-0.05, 0) is 65.7 Å². The number of benzene rings is 8. The fraction of sp³-hybridized carbons (Fsp3) is 0.0357. The molecule has 3 heterocycles. The lowest BCUT2D eigenvalue weighted by molar-refractivity contribution is -0.142. The molecule has 0 aliphatic carbocycles. The van der Waals surface area contributed by atoms with Gasteiger partial charge in [-0.2, -0.15) is 26.3 Å². The minimum atomic E-state index is -5.19. The van der Waals surface area contributed by atoms with Crippen LogP contribution in [0.2, 0.25) is 0 Å². The lowest BCUT2D eigenvalue weighted by Crippen LogP contribution is -2.12. The third-order valence-electron chi connectivity index (χ3n) is 11.8. The first-order chi connectivity index (χ1) is 33.5. The Labute approximate surface area is 390 Å². The average Bonchev–Trinajstić information content (AvgIpc) is 3.72. The number of aromatic nitrogens is 7. The quantitative estimate of drug-likeness (QED) is 0.141. The molecule has 69 heavy (non-hydrogen) atoms. The molecule has 0 amide bonds. The highest BCUT2D eigenvalue weighted by molar-refractivity contribution is 6.10. The van der Waals surface area contributed by atoms with Crippen molar-refractivity contribution in [2.75, 3.05) is 0 Å². The molecule has 8 aromatic carbocycles. The largest absolute Gasteiger partial charge is 0.417 e. The van der Waals surface area contributed by atoms with Gasteiger partial charge < -0.3 is 4.57 Å². The van der Waals surface area contributed by atoms with Crippen molar-refractivity contribution in [3.8, 4) is 85.1 Å². The van der Waals surface area contributed by atoms with E-state index in [0.717, 1.165) is 33.5 Å². The highest BCUT2D eigenvalue weighted by Crippen LogP contribution is 2.45. The van der Waals surface area contributed by atoms with E-state index in [1.807, 2.05) is 144 Å². The second-order valence-electron chi connectivity index (χ2n) is 16.1. The number of nitrogens with zero attached hydrogens (tertiary/aromatic N) is 7. The minimum absolute atomic E-state index is 0.0197. The molecule has 0 spiro atoms. The fourth-order valence-electron chi connectivity index (χ4n) is 8.54. The molecule has 7 nitrogen and oxygen atoms in total. The lowest BCUT2D eigenvalue weighted by Gasteiger charge is -2.20. The normalized spacial score (nSPS) is 11.9. The van der Waals surface area contributed by atoms with Crippen molar-refractivity contribution in [3.63, 3.8) is 0 Å². The summed E-state index contributed by atoms with van der Waals surface area (Å²) in [5.41, 5.74) is 2.09. The smallest absolute Gasteiger partial charge is 0.309 e. The fourth-order valence-corrected chi connectivity index (χ4v) is 8.54. The average molecular weight is 918 g/mol. The maximum atomic E-state index is 15.2. The number of rotatable bonds is 8. The SMILES string of the molecule is FC(F)(F)c1ccc(-c2cc(-n3c4ccccc4c4cc(-c5nc(-c6ccccc6)nc(-c6ccccc6)n5)ccc43)ccc2-c2nc(-c3ccccc3)nc(-c3ccccc3)n2)c(C(F)(F)F)c1. The van der Waals surface area contributed by atoms with Crippen molar-refractivity contribution >= 4 is 21.8 Å². The third kappa shape index (κ3) is 8.24. The number of alkyl halides is 6. The molecular formula is C56H33F6N7. The lowest BCUT2D eigenvalue weighted by atomic mass is 9.92. The van der Waals surface area contributed by atoms with Crippen LogP contribution in [0, 0.1) is 0 Å². The van der Waals surface area contributed by atoms with Crippen LogP contribution in [0.5, 0.6) is 0 Å². The van der Waals surface area contributed by atoms with Gasteiger partial charge in [0.05, 0.1) is 22.2 Å². The Bertz CT molecular complexity index is 3580. The molecule has 0 saturated heterocycles. The van der Waals surface area contributed by atoms with Crippen LogP contribution in [-0.4, -0.2) is 34.5 Å². The van der Waals surface area contributed by atoms with Crippen LogP contribution >= 0.6 is 0 Å². The van der Waals surface area contributed by atoms with E-state index < -0.39 is 29.0 Å². The minimum Gasteiger partial charge on any atom is -0.309 e. The topological polar surface area (TPSA) is 82.3 Å². The first-order valence-electron chi connectivity index (χ1n) is 21.7. The Morgan fingerprint density at radius 2 is 0.739 bits per heavy atom. The highest BCUT2D eigenvalue weighted by Gasteiger charge is 2.39. The van der Waals surface area contributed by atoms with Gasteiger partial charge >= 0.3 is 12.4 Å². The summed E-state index contributed by atoms with van der Waals surface area (Å²) in [5.74, 6) is 1.92. The molecule has 3 aromatic heterocycles. The Hall–Kier alpha value is -8.84. The summed E-state index contributed by atoms with van der Waals surface area (Å²) in [4.78, 5) is 29.1. The van der Waals surface area contributed by atoms with Gasteiger partial charge in [0, 0.05) is 49.8 Å². The maximum absolute atomic E-state index is 15.2. The molecule has 0 bridgehead atoms. The van der Waals surface area contributed by atoms with E-state index in [0.29, 0.717) is 51.4 Å². The van der Waals surface area contributed by atoms with Crippen LogP contribution < -0.4 is 0 Å². The second kappa shape index (κ2) is 17.1. The van der Waals surface area contributed by atoms with Gasteiger partial charge in [-0.15, -0.1) is 0 Å². The molecule has 0 atom stereocenters. The number of hydrogen-bond donors (Lipinski definition) is 0. The van der Waals surface area contributed by atoms with Crippen molar-refractivity contribution in [3.05, 3.63) is 211 Å². The molecule has 11 aromatic rings. The standard InChI is InChI=1S/C56H33F6N7/c57-55(58,59)39-26-28-41(46(32-39)56(60,61)62)44-33-40(27-29-43(44)54-67-51(36-19-9-3-10-20-36)64-52(68-54)37-21-11-4-12-22-37)69-47-24-14-13-23-42(47)45-31-38(25-30-48(45)69)53-65-49(34-15-5-1-6-16-34)63-50(66-53)35-17-7-2-8-18-35/h1-33H. The molecule has 0 N–H and O–H groups in total. The molecule has 0 aliphatic heterocycles. The van der Waals surface area contributed by atoms with E-state index in [-0.39, 0.29) is 34.7 Å². The number of fused-ring (bicyclic) bond motifs is 3. The Kier molecular flexibility index (Phi) is 10.6. The van der Waals surface area contributed by atoms with E-state index in [1.165, 1.54) is 0 Å². The van der Waals surface area contributed by atoms with Crippen molar-refractivity contribution in [1.29, 1.82) is 0 Å². The molecule has 0 aliphatic rings. The van der Waals surface area contributed by atoms with Gasteiger partial charge in [0.1, 0.15) is 0 Å². The van der Waals surface area contributed by atoms with Gasteiger partial charge in [0.25, 0.3) is 0 Å². The van der Waals surface area contributed by atoms with Gasteiger partial charge in [-0.1, -0.05) is 146 Å². The molecule has 334 valence electrons. The molecule has 0 saturated carbocycles. The number of hydrogen-bond acceptors (Lipinski definition) is 6. The molecule has 0 unspecified atom stereocenters. The predicted molar refractivity (Wildman–Crippen MR) is 256 cm³/mol. The van der Waals surface area contributed by atoms with Gasteiger partial charge in [-0.25, -0.2) is 29.9 Å². The summed E-state index contributed by atoms with van der Waals surface area (Å²) in [6.45, 7) is 0. The Morgan fingerprint density at radius 1 is 0.304 bits per heavy atom. The summed E-state index contributed by atoms with van der Waals surface area (Å²) in [6, 6.07) is 57.2. The zero-order valence-electron chi connectivity index (χ0n) is 36.0. The monoisotopic (exact) mass is 917 g/mol. The molecule has 0 radical (unpaired) electrons. The summed E-state index contributed by atoms with van der Waals surface area (Å²) in [7, 11) is 0. The van der Waals surface area contributed by atoms with E-state index in [2.05, 4.69) is 0 Å². The highest BCUT2D eigenvalue weighted by atomic mass is 19.4. The third-order valence-corrected chi connectivity index (χ3v) is 11.8. The van der Waals surface area contributed by atoms with Gasteiger partial charge in [0.15, 0.2) is 34.9 Å². The molecule has 0 fully saturated rings. The second-order valence-corrected chi connectivity index (χ2v) is 16.1. The number of halogens is 6. The maximum Gasteiger partial charge on any atom is 0.417 e. The van der Waals surface area contributed by atoms with E-state index in [9.17, 15) is 13.2 Å². The van der Waals surface area contributed by atoms with Crippen molar-refractivity contribution in [2.24, 2.45) is 0 Å². The van der Waals surface area contributed by atoms with Crippen LogP contribution in [0.4, 0.5) is 26.3 Å². The van der Waals surface area contributed by atoms with Crippen LogP contribution in [0.25, 0.3) is 107 Å². The molecular weight excluding hydrogens is 885 g/mol. The Morgan fingerprint density at radius 3 is 1.23 bits per heavy atom. The van der Waals surface area contributed by atoms with Crippen LogP contribution in [0.3, 0.4) is 0 Å². The van der Waals surface area contributed by atoms with Crippen LogP contribution in [0.1, 0.15) is 11.1 Å². The summed E-state index contributed by atoms with van der Waals surface area (Å²) >= 11 is 0. The van der Waals surface area contributed by atoms with E-state index in [1.54, 1.807) is 42.5 Å². The van der Waals surface area contributed by atoms with Crippen LogP contribution in [-0.2, 0) is 12.4 Å². The van der Waals surface area contributed by atoms with Gasteiger partial charge in [0.2, 0.25) is 0 Å². The first kappa shape index (κ1) is 42.8. The predicted octanol–water partition coefficient (Wildman–Crippen LogP) is 14.9. The number of para-hydroxylation sites is 1. The van der Waals surface area contributed by atoms with E-state index >= 15 is 13.2 Å². The zero-order valence-corrected chi connectivity index (χ0v) is 36.0. The van der Waals surface area contributed by atoms with Crippen molar-refractivity contribution in [2.45, 2.75) is 12.4 Å². The van der Waals surface area contributed by atoms with Crippen LogP contribution in [0.15, 0.2) is 200 Å². The first-order valence-corrected chi connectivity index (χ1v) is 21.7.